The molecule has 0 aromatic heterocycles. The smallest absolute Gasteiger partial charge is 0.257 e. The lowest BCUT2D eigenvalue weighted by Crippen LogP contribution is -2.66. The van der Waals surface area contributed by atoms with Crippen molar-refractivity contribution in [2.75, 3.05) is 32.7 Å². The van der Waals surface area contributed by atoms with Crippen molar-refractivity contribution < 1.29 is 17.6 Å². The van der Waals surface area contributed by atoms with Crippen LogP contribution in [0.15, 0.2) is 0 Å². The van der Waals surface area contributed by atoms with Gasteiger partial charge in [-0.05, 0) is 66.6 Å². The number of halogens is 4. The maximum atomic E-state index is 13.1. The standard InChI is InChI=1S/C15H27F2N.C13H23F2N/c1-12(2)14(3)6-4-13(5-7-14)18-10-8-15(16,17)9-11-18;1-10(2)11(3)5-13(6-11)8-16(9-13)7-12(4,14)15/h12-13H,4-11H2,1-3H3;10H,5-9H2,1-4H3. The second-order valence-corrected chi connectivity index (χ2v) is 13.8. The first-order valence-electron chi connectivity index (χ1n) is 13.7. The maximum Gasteiger partial charge on any atom is 0.257 e. The van der Waals surface area contributed by atoms with Gasteiger partial charge in [0.1, 0.15) is 0 Å². The lowest BCUT2D eigenvalue weighted by molar-refractivity contribution is -0.171. The highest BCUT2D eigenvalue weighted by molar-refractivity contribution is 5.10. The van der Waals surface area contributed by atoms with E-state index in [-0.39, 0.29) is 19.4 Å². The highest BCUT2D eigenvalue weighted by atomic mass is 19.3. The summed E-state index contributed by atoms with van der Waals surface area (Å²) in [6, 6.07) is 0.563. The second kappa shape index (κ2) is 9.84. The average molecular weight is 491 g/mol. The molecule has 0 aromatic carbocycles. The first kappa shape index (κ1) is 28.2. The highest BCUT2D eigenvalue weighted by Gasteiger charge is 2.58. The number of likely N-dealkylation sites (tertiary alicyclic amines) is 2. The minimum atomic E-state index is -2.54. The summed E-state index contributed by atoms with van der Waals surface area (Å²) in [6.45, 7) is 17.8. The summed E-state index contributed by atoms with van der Waals surface area (Å²) in [4.78, 5) is 4.22. The van der Waals surface area contributed by atoms with Crippen LogP contribution in [0.1, 0.15) is 99.8 Å². The van der Waals surface area contributed by atoms with Crippen LogP contribution in [-0.4, -0.2) is 60.4 Å². The van der Waals surface area contributed by atoms with Crippen molar-refractivity contribution >= 4 is 0 Å². The fourth-order valence-electron chi connectivity index (χ4n) is 7.12. The van der Waals surface area contributed by atoms with Crippen molar-refractivity contribution in [3.8, 4) is 0 Å². The molecule has 0 aromatic rings. The summed E-state index contributed by atoms with van der Waals surface area (Å²) >= 11 is 0. The number of alkyl halides is 4. The van der Waals surface area contributed by atoms with Crippen LogP contribution in [0.25, 0.3) is 0 Å². The second-order valence-electron chi connectivity index (χ2n) is 13.8. The van der Waals surface area contributed by atoms with E-state index in [0.29, 0.717) is 41.3 Å². The van der Waals surface area contributed by atoms with Crippen molar-refractivity contribution in [1.82, 2.24) is 9.80 Å². The topological polar surface area (TPSA) is 6.48 Å². The fraction of sp³-hybridized carbons (Fsp3) is 1.00. The third-order valence-corrected chi connectivity index (χ3v) is 10.1. The molecule has 0 amide bonds. The number of rotatable bonds is 5. The van der Waals surface area contributed by atoms with E-state index in [0.717, 1.165) is 25.9 Å². The molecule has 34 heavy (non-hydrogen) atoms. The Hall–Kier alpha value is -0.360. The third-order valence-electron chi connectivity index (χ3n) is 10.1. The van der Waals surface area contributed by atoms with Crippen molar-refractivity contribution in [3.05, 3.63) is 0 Å². The van der Waals surface area contributed by atoms with Gasteiger partial charge in [0.25, 0.3) is 11.8 Å². The Morgan fingerprint density at radius 2 is 1.29 bits per heavy atom. The van der Waals surface area contributed by atoms with E-state index in [4.69, 9.17) is 0 Å². The largest absolute Gasteiger partial charge is 0.300 e. The Morgan fingerprint density at radius 3 is 1.71 bits per heavy atom. The quantitative estimate of drug-likeness (QED) is 0.364. The zero-order valence-corrected chi connectivity index (χ0v) is 22.8. The molecule has 2 aliphatic carbocycles. The van der Waals surface area contributed by atoms with Crippen LogP contribution >= 0.6 is 0 Å². The molecule has 0 N–H and O–H groups in total. The molecule has 2 saturated heterocycles. The Morgan fingerprint density at radius 1 is 0.824 bits per heavy atom. The predicted molar refractivity (Wildman–Crippen MR) is 133 cm³/mol. The van der Waals surface area contributed by atoms with Crippen LogP contribution < -0.4 is 0 Å². The lowest BCUT2D eigenvalue weighted by Gasteiger charge is -2.65. The van der Waals surface area contributed by atoms with Crippen LogP contribution in [0.5, 0.6) is 0 Å². The van der Waals surface area contributed by atoms with E-state index in [1.807, 2.05) is 4.90 Å². The van der Waals surface area contributed by atoms with Gasteiger partial charge in [0.2, 0.25) is 0 Å². The molecular formula is C28H50F4N2. The molecular weight excluding hydrogens is 440 g/mol. The minimum Gasteiger partial charge on any atom is -0.300 e. The van der Waals surface area contributed by atoms with Crippen LogP contribution in [0.4, 0.5) is 17.6 Å². The SMILES string of the molecule is CC(C)C1(C)CC2(CN(CC(C)(F)F)C2)C1.CC(C)C1(C)CCC(N2CCC(F)(F)CC2)CC1. The van der Waals surface area contributed by atoms with Gasteiger partial charge in [0.05, 0.1) is 6.54 Å². The van der Waals surface area contributed by atoms with E-state index in [9.17, 15) is 17.6 Å². The summed E-state index contributed by atoms with van der Waals surface area (Å²) in [6.07, 6.45) is 7.47. The summed E-state index contributed by atoms with van der Waals surface area (Å²) < 4.78 is 51.9. The number of hydrogen-bond acceptors (Lipinski definition) is 2. The summed E-state index contributed by atoms with van der Waals surface area (Å²) in [5.41, 5.74) is 1.32. The van der Waals surface area contributed by atoms with Gasteiger partial charge < -0.3 is 0 Å². The number of nitrogens with zero attached hydrogens (tertiary/aromatic N) is 2. The van der Waals surface area contributed by atoms with E-state index >= 15 is 0 Å². The Bertz CT molecular complexity index is 652. The van der Waals surface area contributed by atoms with Gasteiger partial charge in [0, 0.05) is 52.0 Å². The Kier molecular flexibility index (Phi) is 8.16. The molecule has 6 heteroatoms. The maximum absolute atomic E-state index is 13.1. The van der Waals surface area contributed by atoms with Gasteiger partial charge in [-0.15, -0.1) is 0 Å². The zero-order chi connectivity index (χ0) is 25.6. The number of hydrogen-bond donors (Lipinski definition) is 0. The van der Waals surface area contributed by atoms with Gasteiger partial charge >= 0.3 is 0 Å². The molecule has 4 aliphatic rings. The third kappa shape index (κ3) is 6.69. The average Bonchev–Trinajstić information content (AvgIpc) is 2.65. The molecule has 0 unspecified atom stereocenters. The molecule has 4 fully saturated rings. The van der Waals surface area contributed by atoms with Crippen molar-refractivity contribution in [2.45, 2.75) is 118 Å². The van der Waals surface area contributed by atoms with Crippen LogP contribution in [0.3, 0.4) is 0 Å². The first-order chi connectivity index (χ1) is 15.5. The Labute approximate surface area is 206 Å². The van der Waals surface area contributed by atoms with E-state index < -0.39 is 11.8 Å². The molecule has 2 nitrogen and oxygen atoms in total. The van der Waals surface area contributed by atoms with E-state index in [1.54, 1.807) is 0 Å². The zero-order valence-electron chi connectivity index (χ0n) is 22.8. The van der Waals surface area contributed by atoms with Gasteiger partial charge in [0.15, 0.2) is 0 Å². The molecule has 0 bridgehead atoms. The molecule has 2 saturated carbocycles. The Balaban J connectivity index is 0.000000192. The lowest BCUT2D eigenvalue weighted by atomic mass is 9.47. The normalized spacial score (nSPS) is 33.3. The molecule has 200 valence electrons. The molecule has 4 rings (SSSR count). The summed E-state index contributed by atoms with van der Waals surface area (Å²) in [5.74, 6) is -3.51. The predicted octanol–water partition coefficient (Wildman–Crippen LogP) is 7.72. The summed E-state index contributed by atoms with van der Waals surface area (Å²) in [5, 5.41) is 0. The molecule has 2 aliphatic heterocycles. The van der Waals surface area contributed by atoms with Gasteiger partial charge in [-0.25, -0.2) is 17.6 Å². The van der Waals surface area contributed by atoms with Crippen LogP contribution in [0.2, 0.25) is 0 Å². The minimum absolute atomic E-state index is 0.0605. The van der Waals surface area contributed by atoms with Gasteiger partial charge in [-0.2, -0.15) is 0 Å². The molecule has 1 spiro atoms. The molecule has 2 heterocycles. The van der Waals surface area contributed by atoms with Crippen molar-refractivity contribution in [3.63, 3.8) is 0 Å². The first-order valence-corrected chi connectivity index (χ1v) is 13.7. The van der Waals surface area contributed by atoms with Crippen molar-refractivity contribution in [1.29, 1.82) is 0 Å². The van der Waals surface area contributed by atoms with Crippen LogP contribution in [-0.2, 0) is 0 Å². The van der Waals surface area contributed by atoms with Crippen LogP contribution in [0, 0.1) is 28.1 Å². The molecule has 0 atom stereocenters. The fourth-order valence-corrected chi connectivity index (χ4v) is 7.12. The van der Waals surface area contributed by atoms with Gasteiger partial charge in [-0.1, -0.05) is 41.5 Å². The summed E-state index contributed by atoms with van der Waals surface area (Å²) in [7, 11) is 0. The van der Waals surface area contributed by atoms with E-state index in [1.165, 1.54) is 38.5 Å². The van der Waals surface area contributed by atoms with Crippen molar-refractivity contribution in [2.24, 2.45) is 28.1 Å². The monoisotopic (exact) mass is 490 g/mol. The number of piperidine rings is 1. The van der Waals surface area contributed by atoms with E-state index in [2.05, 4.69) is 46.4 Å². The molecule has 0 radical (unpaired) electrons. The highest BCUT2D eigenvalue weighted by Crippen LogP contribution is 2.61. The van der Waals surface area contributed by atoms with Gasteiger partial charge in [-0.3, -0.25) is 9.80 Å².